The molecule has 2 aliphatic rings. The predicted octanol–water partition coefficient (Wildman–Crippen LogP) is 1.16. The first-order valence-corrected chi connectivity index (χ1v) is 11.1. The van der Waals surface area contributed by atoms with Crippen molar-refractivity contribution in [2.75, 3.05) is 25.4 Å². The molecule has 3 heterocycles. The summed E-state index contributed by atoms with van der Waals surface area (Å²) in [6, 6.07) is 0. The summed E-state index contributed by atoms with van der Waals surface area (Å²) < 4.78 is 0. The van der Waals surface area contributed by atoms with Gasteiger partial charge in [-0.15, -0.1) is 11.3 Å². The van der Waals surface area contributed by atoms with Crippen molar-refractivity contribution in [2.45, 2.75) is 43.4 Å². The number of β-amino-alcohol motifs (C(OH)–C–C–N with tert-alkyl or cyclic N) is 1. The van der Waals surface area contributed by atoms with Gasteiger partial charge in [-0.05, 0) is 37.7 Å². The van der Waals surface area contributed by atoms with Crippen LogP contribution in [0.25, 0.3) is 10.2 Å². The lowest BCUT2D eigenvalue weighted by Crippen LogP contribution is -2.48. The summed E-state index contributed by atoms with van der Waals surface area (Å²) >= 11 is 2.82. The highest BCUT2D eigenvalue weighted by Crippen LogP contribution is 2.34. The number of piperidine rings is 1. The molecular weight excluding hydrogens is 386 g/mol. The summed E-state index contributed by atoms with van der Waals surface area (Å²) in [5, 5.41) is 20.4. The van der Waals surface area contributed by atoms with Gasteiger partial charge in [0, 0.05) is 30.5 Å². The van der Waals surface area contributed by atoms with Crippen LogP contribution in [0.4, 0.5) is 0 Å². The Morgan fingerprint density at radius 2 is 2.19 bits per heavy atom. The Labute approximate surface area is 164 Å². The largest absolute Gasteiger partial charge is 0.396 e. The maximum Gasteiger partial charge on any atom is 0.260 e. The fraction of sp³-hybridized carbons (Fsp3) is 0.611. The third-order valence-electron chi connectivity index (χ3n) is 5.44. The molecule has 1 aliphatic heterocycles. The fourth-order valence-corrected chi connectivity index (χ4v) is 5.94. The summed E-state index contributed by atoms with van der Waals surface area (Å²) in [7, 11) is 0. The zero-order valence-corrected chi connectivity index (χ0v) is 16.6. The molecule has 2 atom stereocenters. The van der Waals surface area contributed by atoms with E-state index < -0.39 is 6.10 Å². The molecule has 1 saturated heterocycles. The first kappa shape index (κ1) is 18.9. The topological polar surface area (TPSA) is 107 Å². The van der Waals surface area contributed by atoms with Crippen molar-refractivity contribution in [3.05, 3.63) is 20.8 Å². The van der Waals surface area contributed by atoms with E-state index in [-0.39, 0.29) is 36.3 Å². The van der Waals surface area contributed by atoms with Gasteiger partial charge in [-0.25, -0.2) is 4.98 Å². The maximum absolute atomic E-state index is 12.5. The number of rotatable bonds is 4. The van der Waals surface area contributed by atoms with E-state index in [1.807, 2.05) is 0 Å². The van der Waals surface area contributed by atoms with Crippen LogP contribution in [0.3, 0.4) is 0 Å². The van der Waals surface area contributed by atoms with E-state index in [2.05, 4.69) is 9.97 Å². The van der Waals surface area contributed by atoms with E-state index in [4.69, 9.17) is 0 Å². The van der Waals surface area contributed by atoms with Gasteiger partial charge in [-0.3, -0.25) is 9.59 Å². The van der Waals surface area contributed by atoms with Crippen molar-refractivity contribution in [1.82, 2.24) is 14.9 Å². The fourth-order valence-electron chi connectivity index (χ4n) is 3.85. The minimum absolute atomic E-state index is 0.0616. The predicted molar refractivity (Wildman–Crippen MR) is 105 cm³/mol. The number of aromatic amines is 1. The van der Waals surface area contributed by atoms with Gasteiger partial charge >= 0.3 is 0 Å². The lowest BCUT2D eigenvalue weighted by molar-refractivity contribution is -0.133. The molecule has 146 valence electrons. The lowest BCUT2D eigenvalue weighted by Gasteiger charge is -2.35. The third-order valence-corrected chi connectivity index (χ3v) is 7.49. The SMILES string of the molecule is O=C(CSc1nc2sc3c(c2c(=O)[nH]1)CCCC3)N1CC[C@H](CO)[C@@H](O)C1. The van der Waals surface area contributed by atoms with Crippen LogP contribution in [0.1, 0.15) is 29.7 Å². The van der Waals surface area contributed by atoms with Crippen LogP contribution in [-0.2, 0) is 17.6 Å². The number of aliphatic hydroxyl groups is 2. The molecule has 2 aromatic rings. The van der Waals surface area contributed by atoms with Gasteiger partial charge in [0.05, 0.1) is 17.2 Å². The average molecular weight is 410 g/mol. The number of thiophene rings is 1. The van der Waals surface area contributed by atoms with Crippen LogP contribution in [-0.4, -0.2) is 62.5 Å². The summed E-state index contributed by atoms with van der Waals surface area (Å²) in [6.07, 6.45) is 4.13. The van der Waals surface area contributed by atoms with Gasteiger partial charge in [0.25, 0.3) is 5.56 Å². The van der Waals surface area contributed by atoms with Crippen molar-refractivity contribution in [3.8, 4) is 0 Å². The normalized spacial score (nSPS) is 22.8. The molecule has 3 N–H and O–H groups in total. The van der Waals surface area contributed by atoms with Crippen LogP contribution in [0, 0.1) is 5.92 Å². The van der Waals surface area contributed by atoms with E-state index in [1.165, 1.54) is 16.6 Å². The number of nitrogens with one attached hydrogen (secondary N) is 1. The Bertz CT molecular complexity index is 910. The number of amides is 1. The zero-order valence-electron chi connectivity index (χ0n) is 14.9. The number of aromatic nitrogens is 2. The number of hydrogen-bond donors (Lipinski definition) is 3. The number of carbonyl (C=O) groups excluding carboxylic acids is 1. The molecule has 0 bridgehead atoms. The van der Waals surface area contributed by atoms with Gasteiger partial charge < -0.3 is 20.1 Å². The van der Waals surface area contributed by atoms with E-state index in [9.17, 15) is 19.8 Å². The van der Waals surface area contributed by atoms with E-state index in [1.54, 1.807) is 16.2 Å². The molecular formula is C18H23N3O4S2. The highest BCUT2D eigenvalue weighted by Gasteiger charge is 2.29. The minimum Gasteiger partial charge on any atom is -0.396 e. The Morgan fingerprint density at radius 3 is 2.96 bits per heavy atom. The van der Waals surface area contributed by atoms with Crippen molar-refractivity contribution in [3.63, 3.8) is 0 Å². The molecule has 0 spiro atoms. The molecule has 0 aromatic carbocycles. The van der Waals surface area contributed by atoms with Gasteiger partial charge in [-0.2, -0.15) is 0 Å². The monoisotopic (exact) mass is 409 g/mol. The molecule has 0 unspecified atom stereocenters. The van der Waals surface area contributed by atoms with Crippen LogP contribution < -0.4 is 5.56 Å². The second kappa shape index (κ2) is 7.90. The number of aliphatic hydroxyl groups excluding tert-OH is 2. The number of hydrogen-bond acceptors (Lipinski definition) is 7. The van der Waals surface area contributed by atoms with Crippen molar-refractivity contribution in [1.29, 1.82) is 0 Å². The second-order valence-corrected chi connectivity index (χ2v) is 9.24. The number of carbonyl (C=O) groups is 1. The van der Waals surface area contributed by atoms with Crippen LogP contribution in [0.15, 0.2) is 9.95 Å². The van der Waals surface area contributed by atoms with Crippen LogP contribution in [0.2, 0.25) is 0 Å². The summed E-state index contributed by atoms with van der Waals surface area (Å²) in [5.41, 5.74) is 1.04. The number of fused-ring (bicyclic) bond motifs is 3. The Hall–Kier alpha value is -1.42. The molecule has 1 amide bonds. The Morgan fingerprint density at radius 1 is 1.37 bits per heavy atom. The van der Waals surface area contributed by atoms with Gasteiger partial charge in [0.1, 0.15) is 4.83 Å². The molecule has 0 radical (unpaired) electrons. The van der Waals surface area contributed by atoms with Crippen molar-refractivity contribution < 1.29 is 15.0 Å². The number of H-pyrrole nitrogens is 1. The molecule has 27 heavy (non-hydrogen) atoms. The van der Waals surface area contributed by atoms with E-state index >= 15 is 0 Å². The molecule has 7 nitrogen and oxygen atoms in total. The molecule has 1 aliphatic carbocycles. The standard InChI is InChI=1S/C18H23N3O4S2/c22-8-10-5-6-21(7-12(10)23)14(24)9-26-18-19-16(25)15-11-3-1-2-4-13(11)27-17(15)20-18/h10,12,22-23H,1-9H2,(H,19,20,25)/t10-,12+/m1/s1. The molecule has 2 aromatic heterocycles. The quantitative estimate of drug-likeness (QED) is 0.517. The molecule has 1 fully saturated rings. The molecule has 4 rings (SSSR count). The zero-order chi connectivity index (χ0) is 19.0. The Balaban J connectivity index is 1.45. The first-order valence-electron chi connectivity index (χ1n) is 9.31. The summed E-state index contributed by atoms with van der Waals surface area (Å²) in [4.78, 5) is 36.0. The van der Waals surface area contributed by atoms with Crippen LogP contribution >= 0.6 is 23.1 Å². The van der Waals surface area contributed by atoms with Gasteiger partial charge in [-0.1, -0.05) is 11.8 Å². The van der Waals surface area contributed by atoms with Gasteiger partial charge in [0.2, 0.25) is 5.91 Å². The molecule has 9 heteroatoms. The highest BCUT2D eigenvalue weighted by molar-refractivity contribution is 7.99. The van der Waals surface area contributed by atoms with E-state index in [0.29, 0.717) is 18.1 Å². The summed E-state index contributed by atoms with van der Waals surface area (Å²) in [5.74, 6) is -0.0913. The van der Waals surface area contributed by atoms with Gasteiger partial charge in [0.15, 0.2) is 5.16 Å². The minimum atomic E-state index is -0.690. The number of thioether (sulfide) groups is 1. The summed E-state index contributed by atoms with van der Waals surface area (Å²) in [6.45, 7) is 0.710. The Kier molecular flexibility index (Phi) is 5.54. The van der Waals surface area contributed by atoms with Crippen molar-refractivity contribution in [2.24, 2.45) is 5.92 Å². The second-order valence-electron chi connectivity index (χ2n) is 7.19. The van der Waals surface area contributed by atoms with Crippen LogP contribution in [0.5, 0.6) is 0 Å². The highest BCUT2D eigenvalue weighted by atomic mass is 32.2. The molecule has 0 saturated carbocycles. The number of likely N-dealkylation sites (tertiary alicyclic amines) is 1. The smallest absolute Gasteiger partial charge is 0.260 e. The average Bonchev–Trinajstić information content (AvgIpc) is 3.04. The van der Waals surface area contributed by atoms with Crippen molar-refractivity contribution >= 4 is 39.2 Å². The number of nitrogens with zero attached hydrogens (tertiary/aromatic N) is 2. The maximum atomic E-state index is 12.5. The third kappa shape index (κ3) is 3.78. The lowest BCUT2D eigenvalue weighted by atomic mass is 9.95. The number of aryl methyl sites for hydroxylation is 2. The first-order chi connectivity index (χ1) is 13.1. The van der Waals surface area contributed by atoms with E-state index in [0.717, 1.165) is 41.5 Å².